The minimum Gasteiger partial charge on any atom is -0.496 e. The van der Waals surface area contributed by atoms with Crippen molar-refractivity contribution in [2.45, 2.75) is 12.8 Å². The summed E-state index contributed by atoms with van der Waals surface area (Å²) in [5.41, 5.74) is 1.60. The second-order valence-electron chi connectivity index (χ2n) is 4.49. The highest BCUT2D eigenvalue weighted by Crippen LogP contribution is 2.25. The lowest BCUT2D eigenvalue weighted by atomic mass is 10.0. The van der Waals surface area contributed by atoms with Gasteiger partial charge in [-0.2, -0.15) is 0 Å². The van der Waals surface area contributed by atoms with Gasteiger partial charge in [0.2, 0.25) is 0 Å². The number of ether oxygens (including phenoxy) is 1. The number of carbonyl (C=O) groups excluding carboxylic acids is 1. The average molecular weight is 337 g/mol. The fraction of sp³-hybridized carbons (Fsp3) is 0.188. The van der Waals surface area contributed by atoms with Crippen molar-refractivity contribution in [2.75, 3.05) is 7.11 Å². The minimum atomic E-state index is -0.317. The zero-order chi connectivity index (χ0) is 14.5. The Labute approximate surface area is 125 Å². The normalized spacial score (nSPS) is 10.3. The monoisotopic (exact) mass is 336 g/mol. The molecule has 0 N–H and O–H groups in total. The Bertz CT molecular complexity index is 626. The zero-order valence-corrected chi connectivity index (χ0v) is 12.6. The van der Waals surface area contributed by atoms with Crippen LogP contribution in [0.15, 0.2) is 46.9 Å². The molecule has 0 aliphatic carbocycles. The van der Waals surface area contributed by atoms with E-state index in [0.29, 0.717) is 12.0 Å². The van der Waals surface area contributed by atoms with Gasteiger partial charge in [0.05, 0.1) is 11.6 Å². The lowest BCUT2D eigenvalue weighted by Crippen LogP contribution is -2.06. The summed E-state index contributed by atoms with van der Waals surface area (Å²) in [5, 5.41) is 0. The number of ketones is 1. The number of halogens is 2. The maximum absolute atomic E-state index is 13.0. The lowest BCUT2D eigenvalue weighted by Gasteiger charge is -2.06. The van der Waals surface area contributed by atoms with E-state index < -0.39 is 0 Å². The maximum atomic E-state index is 13.0. The predicted octanol–water partition coefficient (Wildman–Crippen LogP) is 3.95. The molecule has 2 aromatic carbocycles. The molecule has 2 aromatic rings. The smallest absolute Gasteiger partial charge is 0.141 e. The van der Waals surface area contributed by atoms with E-state index in [-0.39, 0.29) is 18.0 Å². The first-order valence-electron chi connectivity index (χ1n) is 6.17. The van der Waals surface area contributed by atoms with Crippen LogP contribution < -0.4 is 4.74 Å². The van der Waals surface area contributed by atoms with Crippen LogP contribution in [0.3, 0.4) is 0 Å². The first-order valence-corrected chi connectivity index (χ1v) is 6.96. The number of rotatable bonds is 5. The van der Waals surface area contributed by atoms with Gasteiger partial charge in [0.1, 0.15) is 17.3 Å². The number of benzene rings is 2. The summed E-state index contributed by atoms with van der Waals surface area (Å²) in [6.45, 7) is 0. The molecule has 0 aliphatic rings. The first-order chi connectivity index (χ1) is 9.58. The van der Waals surface area contributed by atoms with E-state index in [2.05, 4.69) is 15.9 Å². The third-order valence-electron chi connectivity index (χ3n) is 2.91. The van der Waals surface area contributed by atoms with E-state index in [9.17, 15) is 9.18 Å². The summed E-state index contributed by atoms with van der Waals surface area (Å²) in [5.74, 6) is 0.460. The molecule has 0 spiro atoms. The van der Waals surface area contributed by atoms with Gasteiger partial charge >= 0.3 is 0 Å². The van der Waals surface area contributed by atoms with Crippen LogP contribution in [-0.2, 0) is 17.6 Å². The minimum absolute atomic E-state index is 0.0488. The highest BCUT2D eigenvalue weighted by atomic mass is 79.9. The number of methoxy groups -OCH3 is 1. The Kier molecular flexibility index (Phi) is 4.90. The SMILES string of the molecule is COc1ccc(CC(=O)Cc2cccc(F)c2)cc1Br. The summed E-state index contributed by atoms with van der Waals surface area (Å²) in [4.78, 5) is 12.0. The molecular weight excluding hydrogens is 323 g/mol. The molecule has 2 rings (SSSR count). The van der Waals surface area contributed by atoms with E-state index in [4.69, 9.17) is 4.74 Å². The second-order valence-corrected chi connectivity index (χ2v) is 5.35. The van der Waals surface area contributed by atoms with E-state index >= 15 is 0 Å². The molecule has 0 fully saturated rings. The number of Topliss-reactive ketones (excluding diaryl/α,β-unsaturated/α-hetero) is 1. The molecule has 0 aromatic heterocycles. The number of carbonyl (C=O) groups is 1. The fourth-order valence-electron chi connectivity index (χ4n) is 1.98. The van der Waals surface area contributed by atoms with Crippen LogP contribution in [0.2, 0.25) is 0 Å². The van der Waals surface area contributed by atoms with Gasteiger partial charge in [0, 0.05) is 12.8 Å². The Morgan fingerprint density at radius 1 is 1.15 bits per heavy atom. The highest BCUT2D eigenvalue weighted by molar-refractivity contribution is 9.10. The largest absolute Gasteiger partial charge is 0.496 e. The molecule has 0 saturated heterocycles. The summed E-state index contributed by atoms with van der Waals surface area (Å²) in [7, 11) is 1.59. The van der Waals surface area contributed by atoms with Crippen LogP contribution in [0.5, 0.6) is 5.75 Å². The Balaban J connectivity index is 2.03. The highest BCUT2D eigenvalue weighted by Gasteiger charge is 2.08. The van der Waals surface area contributed by atoms with Gasteiger partial charge in [-0.05, 0) is 51.3 Å². The van der Waals surface area contributed by atoms with Gasteiger partial charge < -0.3 is 4.74 Å². The Morgan fingerprint density at radius 3 is 2.45 bits per heavy atom. The van der Waals surface area contributed by atoms with Gasteiger partial charge in [-0.15, -0.1) is 0 Å². The number of hydrogen-bond acceptors (Lipinski definition) is 2. The van der Waals surface area contributed by atoms with Gasteiger partial charge in [-0.25, -0.2) is 4.39 Å². The molecule has 104 valence electrons. The lowest BCUT2D eigenvalue weighted by molar-refractivity contribution is -0.117. The second kappa shape index (κ2) is 6.66. The number of hydrogen-bond donors (Lipinski definition) is 0. The quantitative estimate of drug-likeness (QED) is 0.826. The van der Waals surface area contributed by atoms with Crippen molar-refractivity contribution in [3.63, 3.8) is 0 Å². The van der Waals surface area contributed by atoms with Crippen LogP contribution in [0, 0.1) is 5.82 Å². The topological polar surface area (TPSA) is 26.3 Å². The zero-order valence-electron chi connectivity index (χ0n) is 11.0. The molecule has 0 saturated carbocycles. The molecule has 0 bridgehead atoms. The van der Waals surface area contributed by atoms with Crippen molar-refractivity contribution >= 4 is 21.7 Å². The predicted molar refractivity (Wildman–Crippen MR) is 79.5 cm³/mol. The van der Waals surface area contributed by atoms with Crippen LogP contribution in [-0.4, -0.2) is 12.9 Å². The van der Waals surface area contributed by atoms with Crippen molar-refractivity contribution in [3.8, 4) is 5.75 Å². The van der Waals surface area contributed by atoms with Crippen molar-refractivity contribution in [3.05, 3.63) is 63.9 Å². The molecule has 0 aliphatic heterocycles. The van der Waals surface area contributed by atoms with Crippen LogP contribution in [0.4, 0.5) is 4.39 Å². The van der Waals surface area contributed by atoms with Gasteiger partial charge in [-0.1, -0.05) is 18.2 Å². The molecule has 4 heteroatoms. The molecule has 20 heavy (non-hydrogen) atoms. The third kappa shape index (κ3) is 3.90. The van der Waals surface area contributed by atoms with E-state index in [1.54, 1.807) is 19.2 Å². The Morgan fingerprint density at radius 2 is 1.85 bits per heavy atom. The van der Waals surface area contributed by atoms with Crippen molar-refractivity contribution in [2.24, 2.45) is 0 Å². The summed E-state index contributed by atoms with van der Waals surface area (Å²) >= 11 is 3.39. The first kappa shape index (κ1) is 14.7. The molecule has 0 unspecified atom stereocenters. The third-order valence-corrected chi connectivity index (χ3v) is 3.53. The fourth-order valence-corrected chi connectivity index (χ4v) is 2.57. The van der Waals surface area contributed by atoms with Gasteiger partial charge in [0.15, 0.2) is 0 Å². The van der Waals surface area contributed by atoms with Crippen LogP contribution >= 0.6 is 15.9 Å². The molecule has 0 radical (unpaired) electrons. The summed E-state index contributed by atoms with van der Waals surface area (Å²) in [6, 6.07) is 11.7. The molecular formula is C16H14BrFO2. The standard InChI is InChI=1S/C16H14BrFO2/c1-20-16-6-5-12(10-15(16)17)9-14(19)8-11-3-2-4-13(18)7-11/h2-7,10H,8-9H2,1H3. The van der Waals surface area contributed by atoms with E-state index in [0.717, 1.165) is 15.8 Å². The van der Waals surface area contributed by atoms with Crippen LogP contribution in [0.25, 0.3) is 0 Å². The van der Waals surface area contributed by atoms with Gasteiger partial charge in [0.25, 0.3) is 0 Å². The summed E-state index contributed by atoms with van der Waals surface area (Å²) < 4.78 is 19.0. The molecule has 2 nitrogen and oxygen atoms in total. The maximum Gasteiger partial charge on any atom is 0.141 e. The summed E-state index contributed by atoms with van der Waals surface area (Å²) in [6.07, 6.45) is 0.556. The van der Waals surface area contributed by atoms with Crippen LogP contribution in [0.1, 0.15) is 11.1 Å². The van der Waals surface area contributed by atoms with Gasteiger partial charge in [-0.3, -0.25) is 4.79 Å². The van der Waals surface area contributed by atoms with E-state index in [1.807, 2.05) is 18.2 Å². The molecule has 0 atom stereocenters. The molecule has 0 heterocycles. The average Bonchev–Trinajstić information content (AvgIpc) is 2.38. The van der Waals surface area contributed by atoms with E-state index in [1.165, 1.54) is 12.1 Å². The van der Waals surface area contributed by atoms with Crippen molar-refractivity contribution in [1.82, 2.24) is 0 Å². The van der Waals surface area contributed by atoms with Crippen molar-refractivity contribution in [1.29, 1.82) is 0 Å². The van der Waals surface area contributed by atoms with Crippen molar-refractivity contribution < 1.29 is 13.9 Å². The molecule has 0 amide bonds. The Hall–Kier alpha value is -1.68.